The van der Waals surface area contributed by atoms with Crippen LogP contribution in [0.3, 0.4) is 0 Å². The Balaban J connectivity index is 3.36. The van der Waals surface area contributed by atoms with Crippen LogP contribution in [0.25, 0.3) is 0 Å². The first-order chi connectivity index (χ1) is 20.9. The zero-order valence-corrected chi connectivity index (χ0v) is 31.1. The second-order valence-electron chi connectivity index (χ2n) is 15.2. The van der Waals surface area contributed by atoms with Gasteiger partial charge in [0.05, 0.1) is 6.04 Å². The quantitative estimate of drug-likeness (QED) is 0.225. The van der Waals surface area contributed by atoms with Gasteiger partial charge in [-0.1, -0.05) is 75.2 Å². The van der Waals surface area contributed by atoms with E-state index in [-0.39, 0.29) is 24.9 Å². The molecule has 0 aromatic carbocycles. The number of carbonyl (C=O) groups excluding carboxylic acids is 5. The third kappa shape index (κ3) is 11.0. The van der Waals surface area contributed by atoms with Crippen LogP contribution in [0.5, 0.6) is 0 Å². The normalized spacial score (nSPS) is 19.6. The SMILES string of the molecule is CCCCC(NC(=O)[C@@H]1[C@@H](C(C)C)CCN1C(=O)[C@@H](NC(=O)N[C@H](CN(C)S(=O)(=O)N(C)C)C(C)(C)C)C(C)(C)C)C(=O)C(C)=O. The summed E-state index contributed by atoms with van der Waals surface area (Å²) in [6.45, 7) is 18.4. The summed E-state index contributed by atoms with van der Waals surface area (Å²) in [4.78, 5) is 67.7. The first-order valence-electron chi connectivity index (χ1n) is 16.2. The summed E-state index contributed by atoms with van der Waals surface area (Å²) in [5, 5.41) is 8.49. The summed E-state index contributed by atoms with van der Waals surface area (Å²) in [6, 6.07) is -4.15. The van der Waals surface area contributed by atoms with Crippen molar-refractivity contribution in [2.45, 2.75) is 119 Å². The second kappa shape index (κ2) is 16.5. The minimum atomic E-state index is -3.73. The smallest absolute Gasteiger partial charge is 0.315 e. The van der Waals surface area contributed by atoms with E-state index in [0.29, 0.717) is 19.3 Å². The van der Waals surface area contributed by atoms with Gasteiger partial charge in [0.1, 0.15) is 12.1 Å². The topological polar surface area (TPSA) is 165 Å². The molecule has 0 radical (unpaired) electrons. The van der Waals surface area contributed by atoms with Crippen molar-refractivity contribution in [3.8, 4) is 0 Å². The minimum Gasteiger partial charge on any atom is -0.344 e. The average molecular weight is 673 g/mol. The molecule has 1 fully saturated rings. The van der Waals surface area contributed by atoms with Crippen molar-refractivity contribution in [2.24, 2.45) is 22.7 Å². The Labute approximate surface area is 277 Å². The number of amides is 4. The summed E-state index contributed by atoms with van der Waals surface area (Å²) in [7, 11) is 0.568. The number of ketones is 2. The van der Waals surface area contributed by atoms with Crippen LogP contribution in [-0.4, -0.2) is 110 Å². The molecule has 1 saturated heterocycles. The highest BCUT2D eigenvalue weighted by molar-refractivity contribution is 7.86. The number of hydrogen-bond donors (Lipinski definition) is 3. The lowest BCUT2D eigenvalue weighted by atomic mass is 9.84. The average Bonchev–Trinajstić information content (AvgIpc) is 3.37. The summed E-state index contributed by atoms with van der Waals surface area (Å²) in [5.41, 5.74) is -1.30. The lowest BCUT2D eigenvalue weighted by molar-refractivity contribution is -0.144. The van der Waals surface area contributed by atoms with Crippen LogP contribution >= 0.6 is 0 Å². The predicted octanol–water partition coefficient (Wildman–Crippen LogP) is 2.56. The molecule has 0 bridgehead atoms. The predicted molar refractivity (Wildman–Crippen MR) is 179 cm³/mol. The number of hydrogen-bond acceptors (Lipinski definition) is 7. The van der Waals surface area contributed by atoms with Crippen LogP contribution in [0.15, 0.2) is 0 Å². The molecule has 46 heavy (non-hydrogen) atoms. The molecule has 0 aliphatic carbocycles. The van der Waals surface area contributed by atoms with E-state index in [0.717, 1.165) is 10.7 Å². The van der Waals surface area contributed by atoms with Crippen LogP contribution < -0.4 is 16.0 Å². The Morgan fingerprint density at radius 1 is 0.913 bits per heavy atom. The molecule has 14 heteroatoms. The Bertz CT molecular complexity index is 1210. The number of rotatable bonds is 15. The molecule has 1 unspecified atom stereocenters. The first kappa shape index (κ1) is 41.4. The summed E-state index contributed by atoms with van der Waals surface area (Å²) in [6.07, 6.45) is 2.30. The van der Waals surface area contributed by atoms with Gasteiger partial charge >= 0.3 is 6.03 Å². The van der Waals surface area contributed by atoms with Crippen LogP contribution in [0.4, 0.5) is 4.79 Å². The largest absolute Gasteiger partial charge is 0.344 e. The fourth-order valence-electron chi connectivity index (χ4n) is 5.59. The summed E-state index contributed by atoms with van der Waals surface area (Å²) in [5.74, 6) is -2.38. The molecule has 5 atom stereocenters. The van der Waals surface area contributed by atoms with Crippen molar-refractivity contribution in [1.29, 1.82) is 0 Å². The Morgan fingerprint density at radius 3 is 1.91 bits per heavy atom. The zero-order chi connectivity index (χ0) is 35.9. The molecule has 0 aromatic heterocycles. The van der Waals surface area contributed by atoms with E-state index in [1.54, 1.807) is 0 Å². The molecule has 0 aromatic rings. The molecule has 1 aliphatic heterocycles. The molecule has 1 heterocycles. The van der Waals surface area contributed by atoms with E-state index in [2.05, 4.69) is 16.0 Å². The number of nitrogens with one attached hydrogen (secondary N) is 3. The summed E-state index contributed by atoms with van der Waals surface area (Å²) < 4.78 is 27.6. The minimum absolute atomic E-state index is 0.00577. The van der Waals surface area contributed by atoms with E-state index in [1.807, 2.05) is 62.3 Å². The van der Waals surface area contributed by atoms with Crippen LogP contribution in [0, 0.1) is 22.7 Å². The van der Waals surface area contributed by atoms with Crippen molar-refractivity contribution in [2.75, 3.05) is 34.2 Å². The molecule has 266 valence electrons. The van der Waals surface area contributed by atoms with Gasteiger partial charge in [-0.3, -0.25) is 19.2 Å². The van der Waals surface area contributed by atoms with Crippen molar-refractivity contribution >= 4 is 39.6 Å². The Morgan fingerprint density at radius 2 is 1.48 bits per heavy atom. The highest BCUT2D eigenvalue weighted by Crippen LogP contribution is 2.33. The van der Waals surface area contributed by atoms with Gasteiger partial charge < -0.3 is 20.9 Å². The van der Waals surface area contributed by atoms with Crippen LogP contribution in [0.1, 0.15) is 94.9 Å². The standard InChI is InChI=1S/C32H60N6O7S/c1-14-15-16-23(26(40)21(4)39)33-28(41)25-22(20(2)3)17-18-38(25)29(42)27(32(8,9)10)35-30(43)34-24(31(5,6)7)19-37(13)46(44,45)36(11)12/h20,22-25,27H,14-19H2,1-13H3,(H,33,41)(H2,34,35,43)/t22-,23?,24-,25+,27-/m1/s1. The Hall–Kier alpha value is -2.58. The molecule has 3 N–H and O–H groups in total. The van der Waals surface area contributed by atoms with E-state index in [9.17, 15) is 32.4 Å². The molecule has 1 rings (SSSR count). The molecule has 0 saturated carbocycles. The van der Waals surface area contributed by atoms with Crippen LogP contribution in [-0.2, 0) is 29.4 Å². The van der Waals surface area contributed by atoms with Gasteiger partial charge in [0.25, 0.3) is 10.2 Å². The molecule has 0 spiro atoms. The van der Waals surface area contributed by atoms with Crippen molar-refractivity contribution in [3.63, 3.8) is 0 Å². The van der Waals surface area contributed by atoms with Gasteiger partial charge in [0.15, 0.2) is 5.78 Å². The fraction of sp³-hybridized carbons (Fsp3) is 0.844. The fourth-order valence-corrected chi connectivity index (χ4v) is 6.48. The number of likely N-dealkylation sites (tertiary alicyclic amines) is 1. The van der Waals surface area contributed by atoms with Crippen LogP contribution in [0.2, 0.25) is 0 Å². The molecule has 4 amide bonds. The molecular formula is C32H60N6O7S. The van der Waals surface area contributed by atoms with Gasteiger partial charge in [-0.2, -0.15) is 17.0 Å². The zero-order valence-electron chi connectivity index (χ0n) is 30.3. The third-order valence-electron chi connectivity index (χ3n) is 8.71. The maximum absolute atomic E-state index is 14.3. The highest BCUT2D eigenvalue weighted by Gasteiger charge is 2.48. The van der Waals surface area contributed by atoms with Crippen molar-refractivity contribution in [1.82, 2.24) is 29.5 Å². The van der Waals surface area contributed by atoms with Crippen molar-refractivity contribution < 1.29 is 32.4 Å². The lowest BCUT2D eigenvalue weighted by Gasteiger charge is -2.38. The number of Topliss-reactive ketones (excluding diaryl/α,β-unsaturated/α-hetero) is 2. The third-order valence-corrected chi connectivity index (χ3v) is 10.6. The summed E-state index contributed by atoms with van der Waals surface area (Å²) >= 11 is 0. The van der Waals surface area contributed by atoms with Gasteiger partial charge in [-0.25, -0.2) is 4.79 Å². The molecule has 1 aliphatic rings. The first-order valence-corrected chi connectivity index (χ1v) is 17.6. The maximum Gasteiger partial charge on any atom is 0.315 e. The highest BCUT2D eigenvalue weighted by atomic mass is 32.2. The van der Waals surface area contributed by atoms with Crippen molar-refractivity contribution in [3.05, 3.63) is 0 Å². The number of carbonyl (C=O) groups is 5. The number of nitrogens with zero attached hydrogens (tertiary/aromatic N) is 3. The second-order valence-corrected chi connectivity index (χ2v) is 17.5. The lowest BCUT2D eigenvalue weighted by Crippen LogP contribution is -2.62. The van der Waals surface area contributed by atoms with E-state index < -0.39 is 74.6 Å². The molecule has 13 nitrogen and oxygen atoms in total. The van der Waals surface area contributed by atoms with E-state index >= 15 is 0 Å². The monoisotopic (exact) mass is 672 g/mol. The van der Waals surface area contributed by atoms with Gasteiger partial charge in [-0.15, -0.1) is 0 Å². The number of likely N-dealkylation sites (N-methyl/N-ethyl adjacent to an activating group) is 1. The number of unbranched alkanes of at least 4 members (excludes halogenated alkanes) is 1. The molecular weight excluding hydrogens is 612 g/mol. The maximum atomic E-state index is 14.3. The van der Waals surface area contributed by atoms with E-state index in [4.69, 9.17) is 0 Å². The van der Waals surface area contributed by atoms with Gasteiger partial charge in [0, 0.05) is 47.2 Å². The van der Waals surface area contributed by atoms with E-state index in [1.165, 1.54) is 37.3 Å². The Kier molecular flexibility index (Phi) is 14.9. The van der Waals surface area contributed by atoms with Gasteiger partial charge in [0.2, 0.25) is 17.6 Å². The number of urea groups is 1. The van der Waals surface area contributed by atoms with Gasteiger partial charge in [-0.05, 0) is 35.5 Å².